The summed E-state index contributed by atoms with van der Waals surface area (Å²) in [5, 5.41) is 6.63. The van der Waals surface area contributed by atoms with Gasteiger partial charge in [-0.05, 0) is 18.4 Å². The van der Waals surface area contributed by atoms with Crippen molar-refractivity contribution in [2.75, 3.05) is 0 Å². The highest BCUT2D eigenvalue weighted by Crippen LogP contribution is 2.22. The van der Waals surface area contributed by atoms with E-state index in [0.717, 1.165) is 12.0 Å². The fourth-order valence-electron chi connectivity index (χ4n) is 3.00. The van der Waals surface area contributed by atoms with Crippen LogP contribution in [0.1, 0.15) is 31.2 Å². The third kappa shape index (κ3) is 2.87. The van der Waals surface area contributed by atoms with E-state index in [1.54, 1.807) is 0 Å². The predicted molar refractivity (Wildman–Crippen MR) is 76.6 cm³/mol. The van der Waals surface area contributed by atoms with Crippen LogP contribution in [-0.4, -0.2) is 24.0 Å². The summed E-state index contributed by atoms with van der Waals surface area (Å²) >= 11 is 0. The van der Waals surface area contributed by atoms with Crippen molar-refractivity contribution in [3.8, 4) is 0 Å². The summed E-state index contributed by atoms with van der Waals surface area (Å²) in [6, 6.07) is 10.7. The topological polar surface area (TPSA) is 41.1 Å². The molecule has 0 aromatic heterocycles. The van der Waals surface area contributed by atoms with Gasteiger partial charge in [-0.1, -0.05) is 55.3 Å². The Hall–Kier alpha value is -1.61. The maximum atomic E-state index is 12.0. The molecule has 3 heteroatoms. The van der Waals surface area contributed by atoms with E-state index < -0.39 is 0 Å². The molecular formula is C16H20N2O. The smallest absolute Gasteiger partial charge is 0.241 e. The lowest BCUT2D eigenvalue weighted by molar-refractivity contribution is -0.125. The molecule has 1 aliphatic carbocycles. The molecule has 1 amide bonds. The minimum atomic E-state index is -0.195. The minimum Gasteiger partial charge on any atom is -0.350 e. The fourth-order valence-corrected chi connectivity index (χ4v) is 3.00. The SMILES string of the molecule is O=C1NC2CCCCC2NC1/C=C/c1ccccc1. The van der Waals surface area contributed by atoms with Crippen LogP contribution in [0.3, 0.4) is 0 Å². The van der Waals surface area contributed by atoms with E-state index in [9.17, 15) is 4.79 Å². The molecule has 3 unspecified atom stereocenters. The maximum Gasteiger partial charge on any atom is 0.241 e. The first kappa shape index (κ1) is 12.4. The number of carbonyl (C=O) groups excluding carboxylic acids is 1. The summed E-state index contributed by atoms with van der Waals surface area (Å²) in [5.74, 6) is 0.107. The van der Waals surface area contributed by atoms with Crippen molar-refractivity contribution in [1.29, 1.82) is 0 Å². The molecule has 1 aromatic carbocycles. The Balaban J connectivity index is 1.67. The fraction of sp³-hybridized carbons (Fsp3) is 0.438. The van der Waals surface area contributed by atoms with E-state index in [0.29, 0.717) is 12.1 Å². The van der Waals surface area contributed by atoms with Gasteiger partial charge in [0, 0.05) is 12.1 Å². The normalized spacial score (nSPS) is 30.9. The minimum absolute atomic E-state index is 0.107. The van der Waals surface area contributed by atoms with Gasteiger partial charge in [0.15, 0.2) is 0 Å². The first-order valence-electron chi connectivity index (χ1n) is 7.12. The van der Waals surface area contributed by atoms with Crippen LogP contribution in [0.2, 0.25) is 0 Å². The number of fused-ring (bicyclic) bond motifs is 1. The zero-order chi connectivity index (χ0) is 13.1. The Labute approximate surface area is 114 Å². The van der Waals surface area contributed by atoms with Gasteiger partial charge < -0.3 is 5.32 Å². The molecule has 3 atom stereocenters. The van der Waals surface area contributed by atoms with Gasteiger partial charge in [-0.15, -0.1) is 0 Å². The van der Waals surface area contributed by atoms with Crippen LogP contribution in [-0.2, 0) is 4.79 Å². The van der Waals surface area contributed by atoms with Gasteiger partial charge in [-0.3, -0.25) is 10.1 Å². The van der Waals surface area contributed by atoms with Gasteiger partial charge in [-0.2, -0.15) is 0 Å². The molecule has 1 saturated carbocycles. The Morgan fingerprint density at radius 1 is 1.05 bits per heavy atom. The molecule has 1 aliphatic heterocycles. The number of carbonyl (C=O) groups is 1. The van der Waals surface area contributed by atoms with Crippen molar-refractivity contribution >= 4 is 12.0 Å². The zero-order valence-corrected chi connectivity index (χ0v) is 11.0. The molecule has 2 N–H and O–H groups in total. The standard InChI is InChI=1S/C16H20N2O/c19-16-15(11-10-12-6-2-1-3-7-12)17-13-8-4-5-9-14(13)18-16/h1-3,6-7,10-11,13-15,17H,4-5,8-9H2,(H,18,19)/b11-10+. The lowest BCUT2D eigenvalue weighted by Crippen LogP contribution is -2.64. The van der Waals surface area contributed by atoms with Crippen LogP contribution in [0.25, 0.3) is 6.08 Å². The lowest BCUT2D eigenvalue weighted by Gasteiger charge is -2.39. The van der Waals surface area contributed by atoms with E-state index >= 15 is 0 Å². The van der Waals surface area contributed by atoms with Gasteiger partial charge >= 0.3 is 0 Å². The Kier molecular flexibility index (Phi) is 3.65. The highest BCUT2D eigenvalue weighted by molar-refractivity contribution is 5.86. The molecular weight excluding hydrogens is 236 g/mol. The molecule has 2 fully saturated rings. The van der Waals surface area contributed by atoms with Gasteiger partial charge in [0.2, 0.25) is 5.91 Å². The van der Waals surface area contributed by atoms with Crippen LogP contribution >= 0.6 is 0 Å². The second-order valence-electron chi connectivity index (χ2n) is 5.42. The van der Waals surface area contributed by atoms with Gasteiger partial charge in [-0.25, -0.2) is 0 Å². The van der Waals surface area contributed by atoms with Crippen LogP contribution in [0.4, 0.5) is 0 Å². The summed E-state index contributed by atoms with van der Waals surface area (Å²) in [6.07, 6.45) is 8.75. The first-order valence-corrected chi connectivity index (χ1v) is 7.12. The summed E-state index contributed by atoms with van der Waals surface area (Å²) < 4.78 is 0. The zero-order valence-electron chi connectivity index (χ0n) is 11.0. The highest BCUT2D eigenvalue weighted by Gasteiger charge is 2.34. The number of amides is 1. The van der Waals surface area contributed by atoms with E-state index in [1.807, 2.05) is 42.5 Å². The highest BCUT2D eigenvalue weighted by atomic mass is 16.2. The number of nitrogens with one attached hydrogen (secondary N) is 2. The van der Waals surface area contributed by atoms with Gasteiger partial charge in [0.05, 0.1) is 0 Å². The number of piperazine rings is 1. The second-order valence-corrected chi connectivity index (χ2v) is 5.42. The molecule has 100 valence electrons. The summed E-state index contributed by atoms with van der Waals surface area (Å²) in [7, 11) is 0. The number of rotatable bonds is 2. The molecule has 3 rings (SSSR count). The number of benzene rings is 1. The van der Waals surface area contributed by atoms with Crippen LogP contribution < -0.4 is 10.6 Å². The molecule has 3 nitrogen and oxygen atoms in total. The quantitative estimate of drug-likeness (QED) is 0.851. The average Bonchev–Trinajstić information content (AvgIpc) is 2.46. The third-order valence-electron chi connectivity index (χ3n) is 4.05. The molecule has 1 heterocycles. The summed E-state index contributed by atoms with van der Waals surface area (Å²) in [4.78, 5) is 12.0. The number of hydrogen-bond donors (Lipinski definition) is 2. The van der Waals surface area contributed by atoms with E-state index in [2.05, 4.69) is 10.6 Å². The second kappa shape index (κ2) is 5.57. The summed E-state index contributed by atoms with van der Waals surface area (Å²) in [6.45, 7) is 0. The van der Waals surface area contributed by atoms with Crippen LogP contribution in [0.15, 0.2) is 36.4 Å². The van der Waals surface area contributed by atoms with Gasteiger partial charge in [0.1, 0.15) is 6.04 Å². The molecule has 19 heavy (non-hydrogen) atoms. The van der Waals surface area contributed by atoms with Crippen molar-refractivity contribution in [1.82, 2.24) is 10.6 Å². The Morgan fingerprint density at radius 2 is 1.79 bits per heavy atom. The van der Waals surface area contributed by atoms with Crippen molar-refractivity contribution < 1.29 is 4.79 Å². The molecule has 0 spiro atoms. The van der Waals surface area contributed by atoms with Crippen LogP contribution in [0, 0.1) is 0 Å². The van der Waals surface area contributed by atoms with Crippen molar-refractivity contribution in [2.45, 2.75) is 43.8 Å². The Bertz CT molecular complexity index is 469. The maximum absolute atomic E-state index is 12.0. The Morgan fingerprint density at radius 3 is 2.58 bits per heavy atom. The number of hydrogen-bond acceptors (Lipinski definition) is 2. The van der Waals surface area contributed by atoms with Crippen molar-refractivity contribution in [3.05, 3.63) is 42.0 Å². The van der Waals surface area contributed by atoms with E-state index in [-0.39, 0.29) is 11.9 Å². The lowest BCUT2D eigenvalue weighted by atomic mass is 9.87. The monoisotopic (exact) mass is 256 g/mol. The van der Waals surface area contributed by atoms with Crippen LogP contribution in [0.5, 0.6) is 0 Å². The van der Waals surface area contributed by atoms with E-state index in [1.165, 1.54) is 19.3 Å². The first-order chi connectivity index (χ1) is 9.33. The molecule has 0 bridgehead atoms. The average molecular weight is 256 g/mol. The van der Waals surface area contributed by atoms with E-state index in [4.69, 9.17) is 0 Å². The summed E-state index contributed by atoms with van der Waals surface area (Å²) in [5.41, 5.74) is 1.13. The molecule has 0 radical (unpaired) electrons. The largest absolute Gasteiger partial charge is 0.350 e. The van der Waals surface area contributed by atoms with Gasteiger partial charge in [0.25, 0.3) is 0 Å². The molecule has 1 saturated heterocycles. The third-order valence-corrected chi connectivity index (χ3v) is 4.05. The molecule has 2 aliphatic rings. The molecule has 1 aromatic rings. The van der Waals surface area contributed by atoms with Crippen molar-refractivity contribution in [2.24, 2.45) is 0 Å². The predicted octanol–water partition coefficient (Wildman–Crippen LogP) is 2.10. The van der Waals surface area contributed by atoms with Crippen molar-refractivity contribution in [3.63, 3.8) is 0 Å².